The average molecular weight is 143 g/mol. The lowest BCUT2D eigenvalue weighted by Gasteiger charge is -1.97. The second kappa shape index (κ2) is 5.80. The van der Waals surface area contributed by atoms with Crippen molar-refractivity contribution in [1.82, 2.24) is 0 Å². The predicted molar refractivity (Wildman–Crippen MR) is 39.5 cm³/mol. The van der Waals surface area contributed by atoms with Gasteiger partial charge >= 0.3 is 0 Å². The molecule has 1 atom stereocenters. The summed E-state index contributed by atoms with van der Waals surface area (Å²) in [4.78, 5) is 8.91. The summed E-state index contributed by atoms with van der Waals surface area (Å²) >= 11 is 0. The van der Waals surface area contributed by atoms with Gasteiger partial charge in [-0.1, -0.05) is 6.42 Å². The average Bonchev–Trinajstić information content (AvgIpc) is 1.80. The first-order valence-corrected chi connectivity index (χ1v) is 5.81. The smallest absolute Gasteiger partial charge is 0.169 e. The Hall–Kier alpha value is -0.333. The van der Waals surface area contributed by atoms with Crippen LogP contribution in [0, 0.1) is 11.3 Å². The Morgan fingerprint density at radius 3 is 2.67 bits per heavy atom. The molecule has 3 heteroatoms. The zero-order chi connectivity index (χ0) is 7.11. The Morgan fingerprint density at radius 1 is 1.56 bits per heavy atom. The van der Waals surface area contributed by atoms with Gasteiger partial charge < -0.3 is 4.80 Å². The highest BCUT2D eigenvalue weighted by molar-refractivity contribution is 6.48. The molecule has 1 unspecified atom stereocenters. The Kier molecular flexibility index (Phi) is 5.58. The van der Waals surface area contributed by atoms with Crippen molar-refractivity contribution in [2.45, 2.75) is 31.9 Å². The van der Waals surface area contributed by atoms with Gasteiger partial charge in [0, 0.05) is 6.42 Å². The van der Waals surface area contributed by atoms with Crippen molar-refractivity contribution in [2.24, 2.45) is 0 Å². The van der Waals surface area contributed by atoms with E-state index >= 15 is 0 Å². The number of nitriles is 1. The molecule has 0 saturated heterocycles. The molecule has 0 aromatic carbocycles. The Balaban J connectivity index is 2.85. The molecule has 52 valence electrons. The number of nitrogens with zero attached hydrogens (tertiary/aromatic N) is 1. The van der Waals surface area contributed by atoms with E-state index in [0.717, 1.165) is 18.9 Å². The Labute approximate surface area is 57.9 Å². The zero-order valence-electron chi connectivity index (χ0n) is 5.80. The highest BCUT2D eigenvalue weighted by Gasteiger charge is 1.96. The number of unbranched alkanes of at least 4 members (excludes halogenated alkanes) is 2. The summed E-state index contributed by atoms with van der Waals surface area (Å²) in [5, 5.41) is 8.13. The first-order valence-electron chi connectivity index (χ1n) is 3.32. The minimum Gasteiger partial charge on any atom is -0.435 e. The summed E-state index contributed by atoms with van der Waals surface area (Å²) in [5.74, 6) is 0. The predicted octanol–water partition coefficient (Wildman–Crippen LogP) is 1.03. The van der Waals surface area contributed by atoms with Crippen LogP contribution in [-0.2, 0) is 0 Å². The molecule has 0 aromatic rings. The van der Waals surface area contributed by atoms with Gasteiger partial charge in [-0.05, 0) is 19.0 Å². The van der Waals surface area contributed by atoms with Gasteiger partial charge in [-0.15, -0.1) is 0 Å². The van der Waals surface area contributed by atoms with Crippen LogP contribution >= 0.6 is 0 Å². The largest absolute Gasteiger partial charge is 0.435 e. The maximum Gasteiger partial charge on any atom is 0.169 e. The summed E-state index contributed by atoms with van der Waals surface area (Å²) in [6, 6.07) is 3.04. The van der Waals surface area contributed by atoms with E-state index < -0.39 is 9.04 Å². The van der Waals surface area contributed by atoms with E-state index in [1.807, 2.05) is 6.55 Å². The van der Waals surface area contributed by atoms with E-state index in [4.69, 9.17) is 10.1 Å². The third-order valence-corrected chi connectivity index (χ3v) is 2.40. The summed E-state index contributed by atoms with van der Waals surface area (Å²) in [6.07, 6.45) is 2.62. The van der Waals surface area contributed by atoms with Crippen molar-refractivity contribution in [3.63, 3.8) is 0 Å². The molecule has 1 N–H and O–H groups in total. The molecule has 0 rings (SSSR count). The molecule has 0 bridgehead atoms. The van der Waals surface area contributed by atoms with Crippen LogP contribution in [0.15, 0.2) is 0 Å². The van der Waals surface area contributed by atoms with Crippen molar-refractivity contribution in [1.29, 1.82) is 5.26 Å². The van der Waals surface area contributed by atoms with Crippen molar-refractivity contribution in [3.8, 4) is 6.07 Å². The van der Waals surface area contributed by atoms with Crippen molar-refractivity contribution in [2.75, 3.05) is 0 Å². The molecule has 2 nitrogen and oxygen atoms in total. The fraction of sp³-hybridized carbons (Fsp3) is 0.833. The molecule has 0 saturated carbocycles. The third kappa shape index (κ3) is 7.67. The standard InChI is InChI=1S/C6H13NOSi/c1-9(8)6-4-2-3-5-7/h8-9H,2-4,6H2,1H3. The summed E-state index contributed by atoms with van der Waals surface area (Å²) < 4.78 is 0. The van der Waals surface area contributed by atoms with Crippen LogP contribution < -0.4 is 0 Å². The minimum atomic E-state index is -1.32. The highest BCUT2D eigenvalue weighted by atomic mass is 28.3. The number of hydrogen-bond donors (Lipinski definition) is 1. The van der Waals surface area contributed by atoms with Gasteiger partial charge in [0.15, 0.2) is 9.04 Å². The normalized spacial score (nSPS) is 12.6. The van der Waals surface area contributed by atoms with Crippen molar-refractivity contribution in [3.05, 3.63) is 0 Å². The fourth-order valence-corrected chi connectivity index (χ4v) is 1.52. The molecule has 0 amide bonds. The fourth-order valence-electron chi connectivity index (χ4n) is 0.644. The summed E-state index contributed by atoms with van der Waals surface area (Å²) in [5.41, 5.74) is 0. The van der Waals surface area contributed by atoms with Gasteiger partial charge in [0.05, 0.1) is 6.07 Å². The topological polar surface area (TPSA) is 44.0 Å². The van der Waals surface area contributed by atoms with Crippen LogP contribution in [0.25, 0.3) is 0 Å². The SMILES string of the molecule is C[SiH](O)CCCCC#N. The van der Waals surface area contributed by atoms with Crippen LogP contribution in [-0.4, -0.2) is 13.8 Å². The Bertz CT molecular complexity index is 97.7. The summed E-state index contributed by atoms with van der Waals surface area (Å²) in [7, 11) is -1.32. The molecule has 0 fully saturated rings. The second-order valence-electron chi connectivity index (χ2n) is 2.25. The van der Waals surface area contributed by atoms with E-state index in [0.29, 0.717) is 6.42 Å². The zero-order valence-corrected chi connectivity index (χ0v) is 6.95. The summed E-state index contributed by atoms with van der Waals surface area (Å²) in [6.45, 7) is 1.91. The second-order valence-corrected chi connectivity index (χ2v) is 4.53. The molecular weight excluding hydrogens is 130 g/mol. The molecule has 0 aliphatic carbocycles. The molecule has 0 spiro atoms. The molecule has 0 aliphatic heterocycles. The monoisotopic (exact) mass is 143 g/mol. The van der Waals surface area contributed by atoms with Gasteiger partial charge in [0.25, 0.3) is 0 Å². The molecule has 0 radical (unpaired) electrons. The minimum absolute atomic E-state index is 0.640. The highest BCUT2D eigenvalue weighted by Crippen LogP contribution is 2.00. The number of hydrogen-bond acceptors (Lipinski definition) is 2. The lowest BCUT2D eigenvalue weighted by molar-refractivity contribution is 0.570. The van der Waals surface area contributed by atoms with E-state index in [2.05, 4.69) is 6.07 Å². The van der Waals surface area contributed by atoms with E-state index in [9.17, 15) is 0 Å². The molecule has 0 aromatic heterocycles. The third-order valence-electron chi connectivity index (χ3n) is 1.16. The van der Waals surface area contributed by atoms with Gasteiger partial charge in [0.1, 0.15) is 0 Å². The molecule has 0 aliphatic rings. The van der Waals surface area contributed by atoms with Crippen LogP contribution in [0.5, 0.6) is 0 Å². The van der Waals surface area contributed by atoms with Gasteiger partial charge in [-0.3, -0.25) is 0 Å². The Morgan fingerprint density at radius 2 is 2.22 bits per heavy atom. The molecule has 0 heterocycles. The lowest BCUT2D eigenvalue weighted by atomic mass is 10.3. The van der Waals surface area contributed by atoms with Crippen LogP contribution in [0.4, 0.5) is 0 Å². The first-order chi connectivity index (χ1) is 4.27. The first kappa shape index (κ1) is 8.67. The van der Waals surface area contributed by atoms with Gasteiger partial charge in [-0.2, -0.15) is 5.26 Å². The number of rotatable bonds is 4. The van der Waals surface area contributed by atoms with E-state index in [-0.39, 0.29) is 0 Å². The van der Waals surface area contributed by atoms with Crippen LogP contribution in [0.1, 0.15) is 19.3 Å². The maximum absolute atomic E-state index is 8.91. The van der Waals surface area contributed by atoms with Gasteiger partial charge in [0.2, 0.25) is 0 Å². The molecular formula is C6H13NOSi. The van der Waals surface area contributed by atoms with E-state index in [1.54, 1.807) is 0 Å². The quantitative estimate of drug-likeness (QED) is 0.472. The lowest BCUT2D eigenvalue weighted by Crippen LogP contribution is -2.03. The maximum atomic E-state index is 8.91. The van der Waals surface area contributed by atoms with Crippen molar-refractivity contribution >= 4 is 9.04 Å². The van der Waals surface area contributed by atoms with Crippen molar-refractivity contribution < 1.29 is 4.80 Å². The van der Waals surface area contributed by atoms with Crippen LogP contribution in [0.3, 0.4) is 0 Å². The van der Waals surface area contributed by atoms with Gasteiger partial charge in [-0.25, -0.2) is 0 Å². The molecule has 9 heavy (non-hydrogen) atoms. The van der Waals surface area contributed by atoms with E-state index in [1.165, 1.54) is 0 Å². The van der Waals surface area contributed by atoms with Crippen LogP contribution in [0.2, 0.25) is 12.6 Å².